The highest BCUT2D eigenvalue weighted by Crippen LogP contribution is 2.41. The molecule has 0 aliphatic carbocycles. The molecule has 1 fully saturated rings. The van der Waals surface area contributed by atoms with Crippen LogP contribution in [-0.4, -0.2) is 63.1 Å². The molecule has 1 aromatic carbocycles. The van der Waals surface area contributed by atoms with Crippen molar-refractivity contribution in [1.29, 1.82) is 0 Å². The number of nitrogens with zero attached hydrogens (tertiary/aromatic N) is 1. The molecule has 30 heavy (non-hydrogen) atoms. The molecule has 3 atom stereocenters. The molecule has 2 heterocycles. The van der Waals surface area contributed by atoms with Crippen LogP contribution in [0.15, 0.2) is 28.9 Å². The number of β-lactam (4-membered cyclic amide) rings is 1. The van der Waals surface area contributed by atoms with E-state index in [-0.39, 0.29) is 33.5 Å². The van der Waals surface area contributed by atoms with Crippen LogP contribution >= 0.6 is 23.4 Å². The van der Waals surface area contributed by atoms with Gasteiger partial charge in [0.05, 0.1) is 10.7 Å². The van der Waals surface area contributed by atoms with Crippen LogP contribution in [0.1, 0.15) is 11.6 Å². The van der Waals surface area contributed by atoms with Crippen molar-refractivity contribution in [2.24, 2.45) is 5.73 Å². The number of carbonyl (C=O) groups is 4. The van der Waals surface area contributed by atoms with E-state index in [2.05, 4.69) is 16.0 Å². The first-order valence-corrected chi connectivity index (χ1v) is 10.0. The number of benzene rings is 1. The molecule has 0 radical (unpaired) electrons. The number of hydrogen-bond acceptors (Lipinski definition) is 7. The summed E-state index contributed by atoms with van der Waals surface area (Å²) in [6, 6.07) is 1.29. The number of carboxylic acid groups (broad SMARTS) is 1. The number of anilines is 1. The summed E-state index contributed by atoms with van der Waals surface area (Å²) in [7, 11) is 1.40. The SMILES string of the molecule is CNC(=O)Nc1cc([C@@H](N)C(=O)N[C@@H]2C(=O)N3C(C(=O)O)=C(Cl)CS[C@H]23)ccc1O. The van der Waals surface area contributed by atoms with Gasteiger partial charge >= 0.3 is 12.0 Å². The number of hydrogen-bond donors (Lipinski definition) is 6. The van der Waals surface area contributed by atoms with Gasteiger partial charge < -0.3 is 31.9 Å². The molecule has 2 aliphatic rings. The van der Waals surface area contributed by atoms with E-state index < -0.39 is 41.3 Å². The highest BCUT2D eigenvalue weighted by atomic mass is 35.5. The predicted molar refractivity (Wildman–Crippen MR) is 109 cm³/mol. The first-order chi connectivity index (χ1) is 14.1. The van der Waals surface area contributed by atoms with Crippen molar-refractivity contribution in [3.05, 3.63) is 34.5 Å². The van der Waals surface area contributed by atoms with Crippen LogP contribution < -0.4 is 21.7 Å². The third kappa shape index (κ3) is 3.88. The van der Waals surface area contributed by atoms with E-state index in [1.54, 1.807) is 0 Å². The Morgan fingerprint density at radius 2 is 2.07 bits per heavy atom. The smallest absolute Gasteiger partial charge is 0.353 e. The first kappa shape index (κ1) is 21.7. The second kappa shape index (κ2) is 8.42. The second-order valence-electron chi connectivity index (χ2n) is 6.41. The molecule has 1 saturated heterocycles. The summed E-state index contributed by atoms with van der Waals surface area (Å²) in [5, 5.41) is 25.8. The van der Waals surface area contributed by atoms with Gasteiger partial charge in [0.2, 0.25) is 5.91 Å². The Kier molecular flexibility index (Phi) is 6.10. The zero-order valence-corrected chi connectivity index (χ0v) is 17.1. The third-order valence-electron chi connectivity index (χ3n) is 4.56. The van der Waals surface area contributed by atoms with Crippen LogP contribution in [0.5, 0.6) is 5.75 Å². The van der Waals surface area contributed by atoms with Gasteiger partial charge in [-0.2, -0.15) is 0 Å². The quantitative estimate of drug-likeness (QED) is 0.267. The fourth-order valence-corrected chi connectivity index (χ4v) is 4.56. The third-order valence-corrected chi connectivity index (χ3v) is 6.31. The number of halogens is 1. The van der Waals surface area contributed by atoms with Crippen LogP contribution in [0, 0.1) is 0 Å². The van der Waals surface area contributed by atoms with Crippen molar-refractivity contribution in [1.82, 2.24) is 15.5 Å². The Balaban J connectivity index is 1.72. The monoisotopic (exact) mass is 455 g/mol. The van der Waals surface area contributed by atoms with E-state index >= 15 is 0 Å². The number of aliphatic carboxylic acids is 1. The number of nitrogens with one attached hydrogen (secondary N) is 3. The molecule has 1 aromatic rings. The minimum atomic E-state index is -1.32. The minimum Gasteiger partial charge on any atom is -0.506 e. The molecule has 4 amide bonds. The van der Waals surface area contributed by atoms with E-state index in [4.69, 9.17) is 17.3 Å². The van der Waals surface area contributed by atoms with Crippen molar-refractivity contribution < 1.29 is 29.4 Å². The van der Waals surface area contributed by atoms with Crippen molar-refractivity contribution in [2.45, 2.75) is 17.5 Å². The maximum absolute atomic E-state index is 12.6. The summed E-state index contributed by atoms with van der Waals surface area (Å²) in [6.07, 6.45) is 0. The molecule has 2 aliphatic heterocycles. The summed E-state index contributed by atoms with van der Waals surface area (Å²) < 4.78 is 0. The lowest BCUT2D eigenvalue weighted by molar-refractivity contribution is -0.150. The molecule has 3 rings (SSSR count). The van der Waals surface area contributed by atoms with E-state index in [1.807, 2.05) is 0 Å². The maximum Gasteiger partial charge on any atom is 0.353 e. The van der Waals surface area contributed by atoms with Crippen LogP contribution in [-0.2, 0) is 14.4 Å². The van der Waals surface area contributed by atoms with Gasteiger partial charge in [0, 0.05) is 12.8 Å². The fraction of sp³-hybridized carbons (Fsp3) is 0.294. The van der Waals surface area contributed by atoms with Crippen molar-refractivity contribution in [2.75, 3.05) is 18.1 Å². The Labute approximate surface area is 179 Å². The van der Waals surface area contributed by atoms with Gasteiger partial charge in [-0.05, 0) is 17.7 Å². The topological polar surface area (TPSA) is 174 Å². The highest BCUT2D eigenvalue weighted by Gasteiger charge is 2.54. The number of phenolic OH excluding ortho intramolecular Hbond substituents is 1. The molecule has 0 unspecified atom stereocenters. The number of rotatable bonds is 5. The van der Waals surface area contributed by atoms with Gasteiger partial charge in [0.1, 0.15) is 28.9 Å². The number of nitrogens with two attached hydrogens (primary N) is 1. The normalized spacial score (nSPS) is 21.3. The number of amides is 4. The van der Waals surface area contributed by atoms with Gasteiger partial charge in [-0.1, -0.05) is 17.7 Å². The molecular weight excluding hydrogens is 438 g/mol. The van der Waals surface area contributed by atoms with Crippen LogP contribution in [0.2, 0.25) is 0 Å². The van der Waals surface area contributed by atoms with Crippen LogP contribution in [0.3, 0.4) is 0 Å². The summed E-state index contributed by atoms with van der Waals surface area (Å²) in [6.45, 7) is 0. The maximum atomic E-state index is 12.6. The predicted octanol–water partition coefficient (Wildman–Crippen LogP) is 0.0782. The van der Waals surface area contributed by atoms with Gasteiger partial charge in [0.15, 0.2) is 0 Å². The lowest BCUT2D eigenvalue weighted by Gasteiger charge is -2.48. The van der Waals surface area contributed by atoms with Gasteiger partial charge in [-0.3, -0.25) is 14.5 Å². The summed E-state index contributed by atoms with van der Waals surface area (Å²) >= 11 is 7.14. The van der Waals surface area contributed by atoms with Crippen molar-refractivity contribution >= 4 is 52.9 Å². The minimum absolute atomic E-state index is 0.0507. The standard InChI is InChI=1S/C17H18ClN5O6S/c1-20-17(29)21-8-4-6(2-3-9(8)24)10(19)13(25)22-11-14(26)23-12(16(27)28)7(18)5-30-15(11)23/h2-4,10-11,15,24H,5,19H2,1H3,(H,22,25)(H,27,28)(H2,20,21,29)/t10-,11-,15-/m1/s1. The Bertz CT molecular complexity index is 970. The van der Waals surface area contributed by atoms with Crippen LogP contribution in [0.4, 0.5) is 10.5 Å². The Morgan fingerprint density at radius 3 is 2.70 bits per heavy atom. The van der Waals surface area contributed by atoms with Crippen molar-refractivity contribution in [3.8, 4) is 5.75 Å². The molecule has 13 heteroatoms. The highest BCUT2D eigenvalue weighted by molar-refractivity contribution is 8.00. The number of fused-ring (bicyclic) bond motifs is 1. The zero-order chi connectivity index (χ0) is 22.2. The molecule has 0 bridgehead atoms. The van der Waals surface area contributed by atoms with Gasteiger partial charge in [-0.15, -0.1) is 11.8 Å². The van der Waals surface area contributed by atoms with E-state index in [9.17, 15) is 29.4 Å². The molecule has 7 N–H and O–H groups in total. The van der Waals surface area contributed by atoms with E-state index in [0.29, 0.717) is 0 Å². The largest absolute Gasteiger partial charge is 0.506 e. The molecule has 0 spiro atoms. The van der Waals surface area contributed by atoms with Crippen LogP contribution in [0.25, 0.3) is 0 Å². The zero-order valence-electron chi connectivity index (χ0n) is 15.5. The summed E-state index contributed by atoms with van der Waals surface area (Å²) in [5.74, 6) is -2.62. The molecule has 0 saturated carbocycles. The average molecular weight is 456 g/mol. The molecule has 160 valence electrons. The number of urea groups is 1. The first-order valence-electron chi connectivity index (χ1n) is 8.60. The van der Waals surface area contributed by atoms with E-state index in [1.165, 1.54) is 37.0 Å². The number of carboxylic acids is 1. The van der Waals surface area contributed by atoms with E-state index in [0.717, 1.165) is 4.90 Å². The summed E-state index contributed by atoms with van der Waals surface area (Å²) in [5.41, 5.74) is 6.03. The lowest BCUT2D eigenvalue weighted by Crippen LogP contribution is -2.70. The van der Waals surface area contributed by atoms with Gasteiger partial charge in [-0.25, -0.2) is 9.59 Å². The van der Waals surface area contributed by atoms with Gasteiger partial charge in [0.25, 0.3) is 5.91 Å². The number of thioether (sulfide) groups is 1. The Morgan fingerprint density at radius 1 is 1.37 bits per heavy atom. The van der Waals surface area contributed by atoms with Crippen molar-refractivity contribution in [3.63, 3.8) is 0 Å². The molecular formula is C17H18ClN5O6S. The molecule has 0 aromatic heterocycles. The average Bonchev–Trinajstić information content (AvgIpc) is 2.72. The lowest BCUT2D eigenvalue weighted by atomic mass is 10.0. The number of phenols is 1. The summed E-state index contributed by atoms with van der Waals surface area (Å²) in [4.78, 5) is 48.9. The Hall–Kier alpha value is -2.96. The number of aromatic hydroxyl groups is 1. The second-order valence-corrected chi connectivity index (χ2v) is 7.97. The fourth-order valence-electron chi connectivity index (χ4n) is 3.01. The molecule has 11 nitrogen and oxygen atoms in total. The number of carbonyl (C=O) groups excluding carboxylic acids is 3.